The Bertz CT molecular complexity index is 1760. The van der Waals surface area contributed by atoms with Crippen LogP contribution < -0.4 is 14.4 Å². The average Bonchev–Trinajstić information content (AvgIpc) is 3.07. The van der Waals surface area contributed by atoms with Crippen molar-refractivity contribution in [1.29, 1.82) is 0 Å². The third kappa shape index (κ3) is 3.82. The molecule has 42 heavy (non-hydrogen) atoms. The van der Waals surface area contributed by atoms with Crippen LogP contribution in [0.5, 0.6) is 23.0 Å². The third-order valence-corrected chi connectivity index (χ3v) is 7.97. The second kappa shape index (κ2) is 10.6. The van der Waals surface area contributed by atoms with E-state index in [9.17, 15) is 0 Å². The van der Waals surface area contributed by atoms with Gasteiger partial charge in [-0.3, -0.25) is 0 Å². The second-order valence-corrected chi connectivity index (χ2v) is 10.1. The van der Waals surface area contributed by atoms with Crippen molar-refractivity contribution >= 4 is 17.1 Å². The molecule has 2 aliphatic rings. The van der Waals surface area contributed by atoms with Crippen molar-refractivity contribution in [3.8, 4) is 23.0 Å². The molecular weight excluding hydrogens is 514 g/mol. The molecule has 2 heterocycles. The summed E-state index contributed by atoms with van der Waals surface area (Å²) < 4.78 is 13.4. The number of ether oxygens (including phenoxy) is 2. The van der Waals surface area contributed by atoms with Gasteiger partial charge in [-0.15, -0.1) is 0 Å². The Morgan fingerprint density at radius 2 is 0.810 bits per heavy atom. The lowest BCUT2D eigenvalue weighted by Gasteiger charge is -2.45. The molecule has 0 N–H and O–H groups in total. The van der Waals surface area contributed by atoms with Gasteiger partial charge < -0.3 is 14.4 Å². The van der Waals surface area contributed by atoms with Gasteiger partial charge in [0.2, 0.25) is 0 Å². The van der Waals surface area contributed by atoms with E-state index in [1.54, 1.807) is 0 Å². The fourth-order valence-corrected chi connectivity index (χ4v) is 6.38. The number of fused-ring (bicyclic) bond motifs is 8. The lowest BCUT2D eigenvalue weighted by atomic mass is 9.62. The highest BCUT2D eigenvalue weighted by molar-refractivity contribution is 5.85. The first-order valence-electron chi connectivity index (χ1n) is 14.5. The zero-order chi connectivity index (χ0) is 28.5. The van der Waals surface area contributed by atoms with Gasteiger partial charge >= 0.3 is 0 Å². The molecular formula is C39H31NO2. The fraction of sp³-hybridized carbons (Fsp3) is 0.0769. The predicted molar refractivity (Wildman–Crippen MR) is 171 cm³/mol. The SMILES string of the molecule is CC.c1ccc(N(c2ccccc2)c2cccc3c2Oc2ccccc2C32c3ccccc3Oc3ccccc32)cc1. The molecule has 0 aliphatic carbocycles. The summed E-state index contributed by atoms with van der Waals surface area (Å²) in [4.78, 5) is 2.28. The number of nitrogens with zero attached hydrogens (tertiary/aromatic N) is 1. The molecule has 8 rings (SSSR count). The molecule has 204 valence electrons. The molecule has 0 unspecified atom stereocenters. The molecule has 6 aromatic carbocycles. The van der Waals surface area contributed by atoms with E-state index in [4.69, 9.17) is 9.47 Å². The van der Waals surface area contributed by atoms with E-state index in [1.165, 1.54) is 0 Å². The molecule has 3 heteroatoms. The molecule has 2 aliphatic heterocycles. The van der Waals surface area contributed by atoms with E-state index in [0.717, 1.165) is 62.3 Å². The van der Waals surface area contributed by atoms with Crippen LogP contribution in [-0.2, 0) is 5.41 Å². The molecule has 0 saturated heterocycles. The molecule has 3 nitrogen and oxygen atoms in total. The minimum absolute atomic E-state index is 0.620. The van der Waals surface area contributed by atoms with Gasteiger partial charge in [-0.2, -0.15) is 0 Å². The van der Waals surface area contributed by atoms with Crippen LogP contribution in [-0.4, -0.2) is 0 Å². The van der Waals surface area contributed by atoms with Crippen molar-refractivity contribution in [2.24, 2.45) is 0 Å². The Hall–Kier alpha value is -5.28. The van der Waals surface area contributed by atoms with Crippen LogP contribution in [0, 0.1) is 0 Å². The van der Waals surface area contributed by atoms with Gasteiger partial charge in [-0.05, 0) is 48.5 Å². The quantitative estimate of drug-likeness (QED) is 0.220. The minimum atomic E-state index is -0.620. The van der Waals surface area contributed by atoms with Gasteiger partial charge in [0, 0.05) is 33.6 Å². The standard InChI is InChI=1S/C37H25NO2.C2H6/c1-3-14-26(15-4-1)38(27-16-5-2-6-17-27)32-22-13-21-31-36(32)40-35-25-12-9-20-30(35)37(31)28-18-7-10-23-33(28)39-34-24-11-8-19-29(34)37;1-2/h1-25H;1-2H3. The third-order valence-electron chi connectivity index (χ3n) is 7.97. The normalized spacial score (nSPS) is 13.1. The van der Waals surface area contributed by atoms with E-state index in [-0.39, 0.29) is 0 Å². The number of para-hydroxylation sites is 6. The Morgan fingerprint density at radius 3 is 1.31 bits per heavy atom. The number of benzene rings is 6. The summed E-state index contributed by atoms with van der Waals surface area (Å²) in [7, 11) is 0. The van der Waals surface area contributed by atoms with Crippen LogP contribution in [0.15, 0.2) is 152 Å². The Labute approximate surface area is 247 Å². The molecule has 0 amide bonds. The molecule has 1 spiro atoms. The Balaban J connectivity index is 0.00000141. The van der Waals surface area contributed by atoms with E-state index in [0.29, 0.717) is 0 Å². The lowest BCUT2D eigenvalue weighted by Crippen LogP contribution is -2.37. The smallest absolute Gasteiger partial charge is 0.156 e. The molecule has 0 aromatic heterocycles. The van der Waals surface area contributed by atoms with E-state index >= 15 is 0 Å². The number of rotatable bonds is 3. The first-order chi connectivity index (χ1) is 20.9. The largest absolute Gasteiger partial charge is 0.457 e. The second-order valence-electron chi connectivity index (χ2n) is 10.1. The first kappa shape index (κ1) is 25.7. The summed E-state index contributed by atoms with van der Waals surface area (Å²) >= 11 is 0. The van der Waals surface area contributed by atoms with Crippen LogP contribution in [0.3, 0.4) is 0 Å². The maximum absolute atomic E-state index is 6.91. The van der Waals surface area contributed by atoms with Crippen molar-refractivity contribution in [3.05, 3.63) is 174 Å². The summed E-state index contributed by atoms with van der Waals surface area (Å²) in [6, 6.07) is 52.6. The molecule has 0 fully saturated rings. The van der Waals surface area contributed by atoms with Crippen molar-refractivity contribution in [1.82, 2.24) is 0 Å². The topological polar surface area (TPSA) is 21.7 Å². The van der Waals surface area contributed by atoms with Crippen LogP contribution in [0.1, 0.15) is 36.1 Å². The maximum Gasteiger partial charge on any atom is 0.156 e. The van der Waals surface area contributed by atoms with Crippen LogP contribution in [0.2, 0.25) is 0 Å². The highest BCUT2D eigenvalue weighted by atomic mass is 16.5. The van der Waals surface area contributed by atoms with Gasteiger partial charge in [-0.25, -0.2) is 0 Å². The van der Waals surface area contributed by atoms with Crippen LogP contribution in [0.25, 0.3) is 0 Å². The molecule has 0 bridgehead atoms. The van der Waals surface area contributed by atoms with E-state index in [2.05, 4.69) is 126 Å². The van der Waals surface area contributed by atoms with Crippen molar-refractivity contribution in [2.45, 2.75) is 19.3 Å². The van der Waals surface area contributed by atoms with Gasteiger partial charge in [0.15, 0.2) is 5.75 Å². The maximum atomic E-state index is 6.91. The fourth-order valence-electron chi connectivity index (χ4n) is 6.38. The highest BCUT2D eigenvalue weighted by Gasteiger charge is 2.51. The number of anilines is 3. The highest BCUT2D eigenvalue weighted by Crippen LogP contribution is 2.63. The number of hydrogen-bond acceptors (Lipinski definition) is 3. The molecule has 0 radical (unpaired) electrons. The lowest BCUT2D eigenvalue weighted by molar-refractivity contribution is 0.400. The summed E-state index contributed by atoms with van der Waals surface area (Å²) in [6.07, 6.45) is 0. The number of hydrogen-bond donors (Lipinski definition) is 0. The monoisotopic (exact) mass is 545 g/mol. The van der Waals surface area contributed by atoms with Gasteiger partial charge in [0.25, 0.3) is 0 Å². The Kier molecular flexibility index (Phi) is 6.48. The summed E-state index contributed by atoms with van der Waals surface area (Å²) in [5.74, 6) is 3.39. The summed E-state index contributed by atoms with van der Waals surface area (Å²) in [5.41, 5.74) is 6.88. The van der Waals surface area contributed by atoms with Gasteiger partial charge in [-0.1, -0.05) is 117 Å². The average molecular weight is 546 g/mol. The summed E-state index contributed by atoms with van der Waals surface area (Å²) in [6.45, 7) is 4.00. The summed E-state index contributed by atoms with van der Waals surface area (Å²) in [5, 5.41) is 0. The Morgan fingerprint density at radius 1 is 0.405 bits per heavy atom. The van der Waals surface area contributed by atoms with Crippen LogP contribution in [0.4, 0.5) is 17.1 Å². The zero-order valence-corrected chi connectivity index (χ0v) is 23.7. The molecule has 0 atom stereocenters. The molecule has 0 saturated carbocycles. The van der Waals surface area contributed by atoms with Crippen LogP contribution >= 0.6 is 0 Å². The van der Waals surface area contributed by atoms with Crippen molar-refractivity contribution in [2.75, 3.05) is 4.90 Å². The van der Waals surface area contributed by atoms with Crippen molar-refractivity contribution in [3.63, 3.8) is 0 Å². The van der Waals surface area contributed by atoms with E-state index < -0.39 is 5.41 Å². The first-order valence-corrected chi connectivity index (χ1v) is 14.5. The van der Waals surface area contributed by atoms with E-state index in [1.807, 2.05) is 44.2 Å². The van der Waals surface area contributed by atoms with Crippen molar-refractivity contribution < 1.29 is 9.47 Å². The van der Waals surface area contributed by atoms with Gasteiger partial charge in [0.1, 0.15) is 17.2 Å². The zero-order valence-electron chi connectivity index (χ0n) is 23.7. The predicted octanol–water partition coefficient (Wildman–Crippen LogP) is 10.8. The van der Waals surface area contributed by atoms with Gasteiger partial charge in [0.05, 0.1) is 11.1 Å². The molecule has 6 aromatic rings. The minimum Gasteiger partial charge on any atom is -0.457 e.